The van der Waals surface area contributed by atoms with Crippen LogP contribution in [-0.4, -0.2) is 30.1 Å². The first-order valence-electron chi connectivity index (χ1n) is 7.89. The molecule has 0 fully saturated rings. The van der Waals surface area contributed by atoms with E-state index in [9.17, 15) is 9.59 Å². The zero-order chi connectivity index (χ0) is 17.9. The molecule has 0 aliphatic heterocycles. The van der Waals surface area contributed by atoms with E-state index in [4.69, 9.17) is 5.11 Å². The van der Waals surface area contributed by atoms with Gasteiger partial charge in [-0.3, -0.25) is 9.59 Å². The molecule has 0 unspecified atom stereocenters. The monoisotopic (exact) mass is 336 g/mol. The van der Waals surface area contributed by atoms with Crippen LogP contribution in [0.25, 0.3) is 12.2 Å². The van der Waals surface area contributed by atoms with E-state index >= 15 is 0 Å². The molecule has 0 spiro atoms. The maximum Gasteiger partial charge on any atom is 0.267 e. The van der Waals surface area contributed by atoms with Crippen LogP contribution >= 0.6 is 0 Å². The third kappa shape index (κ3) is 6.45. The van der Waals surface area contributed by atoms with E-state index in [2.05, 4.69) is 10.6 Å². The second-order valence-corrected chi connectivity index (χ2v) is 5.18. The summed E-state index contributed by atoms with van der Waals surface area (Å²) in [6.07, 6.45) is 4.62. The molecule has 2 rings (SSSR count). The molecule has 0 aliphatic carbocycles. The second kappa shape index (κ2) is 9.85. The smallest absolute Gasteiger partial charge is 0.267 e. The molecule has 5 heteroatoms. The summed E-state index contributed by atoms with van der Waals surface area (Å²) in [7, 11) is 0. The van der Waals surface area contributed by atoms with Gasteiger partial charge in [-0.25, -0.2) is 0 Å². The molecule has 0 radical (unpaired) electrons. The zero-order valence-corrected chi connectivity index (χ0v) is 13.7. The minimum atomic E-state index is -0.459. The summed E-state index contributed by atoms with van der Waals surface area (Å²) in [6.45, 7) is -0.0626. The number of hydrogen-bond acceptors (Lipinski definition) is 3. The number of carbonyl (C=O) groups excluding carboxylic acids is 2. The van der Waals surface area contributed by atoms with Crippen LogP contribution in [0.15, 0.2) is 72.4 Å². The summed E-state index contributed by atoms with van der Waals surface area (Å²) in [5.74, 6) is -0.871. The lowest BCUT2D eigenvalue weighted by Crippen LogP contribution is -2.35. The maximum atomic E-state index is 12.2. The molecule has 128 valence electrons. The number of rotatable bonds is 7. The number of benzene rings is 2. The highest BCUT2D eigenvalue weighted by atomic mass is 16.3. The first-order valence-corrected chi connectivity index (χ1v) is 7.89. The van der Waals surface area contributed by atoms with Gasteiger partial charge in [-0.1, -0.05) is 60.7 Å². The van der Waals surface area contributed by atoms with Gasteiger partial charge in [-0.15, -0.1) is 0 Å². The number of carbonyl (C=O) groups is 2. The number of aliphatic hydroxyl groups is 1. The first kappa shape index (κ1) is 18.2. The van der Waals surface area contributed by atoms with Crippen molar-refractivity contribution in [2.45, 2.75) is 0 Å². The minimum Gasteiger partial charge on any atom is -0.395 e. The normalized spacial score (nSPS) is 11.3. The van der Waals surface area contributed by atoms with Gasteiger partial charge in [0.05, 0.1) is 6.61 Å². The van der Waals surface area contributed by atoms with E-state index in [1.165, 1.54) is 6.08 Å². The number of aliphatic hydroxyl groups excluding tert-OH is 1. The predicted octanol–water partition coefficient (Wildman–Crippen LogP) is 1.97. The molecule has 2 amide bonds. The van der Waals surface area contributed by atoms with Crippen LogP contribution in [0.3, 0.4) is 0 Å². The Kier molecular flexibility index (Phi) is 7.15. The Morgan fingerprint density at radius 1 is 0.920 bits per heavy atom. The molecule has 2 aromatic rings. The predicted molar refractivity (Wildman–Crippen MR) is 98.1 cm³/mol. The average molecular weight is 336 g/mol. The van der Waals surface area contributed by atoms with Gasteiger partial charge in [0.2, 0.25) is 5.91 Å². The average Bonchev–Trinajstić information content (AvgIpc) is 2.65. The largest absolute Gasteiger partial charge is 0.395 e. The number of nitrogens with one attached hydrogen (secondary N) is 2. The fourth-order valence-electron chi connectivity index (χ4n) is 2.05. The Morgan fingerprint density at radius 2 is 1.52 bits per heavy atom. The van der Waals surface area contributed by atoms with Crippen molar-refractivity contribution in [3.8, 4) is 0 Å². The molecule has 0 heterocycles. The quantitative estimate of drug-likeness (QED) is 0.677. The summed E-state index contributed by atoms with van der Waals surface area (Å²) >= 11 is 0. The van der Waals surface area contributed by atoms with Crippen molar-refractivity contribution in [1.29, 1.82) is 0 Å². The number of hydrogen-bond donors (Lipinski definition) is 3. The fourth-order valence-corrected chi connectivity index (χ4v) is 2.05. The van der Waals surface area contributed by atoms with Crippen molar-refractivity contribution < 1.29 is 14.7 Å². The summed E-state index contributed by atoms with van der Waals surface area (Å²) in [4.78, 5) is 24.3. The Labute approximate surface area is 146 Å². The summed E-state index contributed by atoms with van der Waals surface area (Å²) in [5.41, 5.74) is 1.78. The van der Waals surface area contributed by atoms with E-state index in [0.717, 1.165) is 11.1 Å². The Hall–Kier alpha value is -3.18. The lowest BCUT2D eigenvalue weighted by molar-refractivity contribution is -0.121. The third-order valence-electron chi connectivity index (χ3n) is 3.24. The lowest BCUT2D eigenvalue weighted by atomic mass is 10.2. The van der Waals surface area contributed by atoms with Crippen LogP contribution in [0.2, 0.25) is 0 Å². The third-order valence-corrected chi connectivity index (χ3v) is 3.24. The molecule has 2 aromatic carbocycles. The highest BCUT2D eigenvalue weighted by Crippen LogP contribution is 2.06. The van der Waals surface area contributed by atoms with Gasteiger partial charge in [0, 0.05) is 12.6 Å². The summed E-state index contributed by atoms with van der Waals surface area (Å²) in [6, 6.07) is 18.6. The molecule has 0 saturated carbocycles. The van der Waals surface area contributed by atoms with Gasteiger partial charge in [0.25, 0.3) is 5.91 Å². The van der Waals surface area contributed by atoms with E-state index in [1.54, 1.807) is 12.2 Å². The van der Waals surface area contributed by atoms with Crippen LogP contribution in [0.4, 0.5) is 0 Å². The van der Waals surface area contributed by atoms with Crippen molar-refractivity contribution >= 4 is 24.0 Å². The van der Waals surface area contributed by atoms with Crippen LogP contribution in [0.5, 0.6) is 0 Å². The molecule has 0 aliphatic rings. The topological polar surface area (TPSA) is 78.4 Å². The number of amides is 2. The van der Waals surface area contributed by atoms with Crippen molar-refractivity contribution in [2.75, 3.05) is 13.2 Å². The molecule has 3 N–H and O–H groups in total. The molecule has 5 nitrogen and oxygen atoms in total. The van der Waals surface area contributed by atoms with Gasteiger partial charge in [-0.2, -0.15) is 0 Å². The fraction of sp³-hybridized carbons (Fsp3) is 0.100. The van der Waals surface area contributed by atoms with E-state index in [-0.39, 0.29) is 18.8 Å². The first-order chi connectivity index (χ1) is 12.2. The van der Waals surface area contributed by atoms with E-state index < -0.39 is 11.8 Å². The van der Waals surface area contributed by atoms with Crippen LogP contribution in [0.1, 0.15) is 11.1 Å². The SMILES string of the molecule is O=C(/C=C/c1ccccc1)N/C(=C\c1ccccc1)C(=O)NCCO. The molecule has 0 atom stereocenters. The summed E-state index contributed by atoms with van der Waals surface area (Å²) < 4.78 is 0. The molecule has 0 aromatic heterocycles. The Morgan fingerprint density at radius 3 is 2.12 bits per heavy atom. The van der Waals surface area contributed by atoms with E-state index in [0.29, 0.717) is 0 Å². The van der Waals surface area contributed by atoms with Gasteiger partial charge < -0.3 is 15.7 Å². The Bertz CT molecular complexity index is 753. The highest BCUT2D eigenvalue weighted by Gasteiger charge is 2.11. The van der Waals surface area contributed by atoms with Crippen LogP contribution < -0.4 is 10.6 Å². The summed E-state index contributed by atoms with van der Waals surface area (Å²) in [5, 5.41) is 14.0. The zero-order valence-electron chi connectivity index (χ0n) is 13.7. The molecule has 0 saturated heterocycles. The van der Waals surface area contributed by atoms with Gasteiger partial charge >= 0.3 is 0 Å². The minimum absolute atomic E-state index is 0.112. The van der Waals surface area contributed by atoms with Gasteiger partial charge in [-0.05, 0) is 23.3 Å². The van der Waals surface area contributed by atoms with Crippen molar-refractivity contribution in [3.05, 3.63) is 83.6 Å². The molecule has 25 heavy (non-hydrogen) atoms. The molecule has 0 bridgehead atoms. The Balaban J connectivity index is 2.12. The maximum absolute atomic E-state index is 12.2. The standard InChI is InChI=1S/C20H20N2O3/c23-14-13-21-20(25)18(15-17-9-5-2-6-10-17)22-19(24)12-11-16-7-3-1-4-8-16/h1-12,15,23H,13-14H2,(H,21,25)(H,22,24)/b12-11+,18-15-. The van der Waals surface area contributed by atoms with Crippen molar-refractivity contribution in [2.24, 2.45) is 0 Å². The highest BCUT2D eigenvalue weighted by molar-refractivity contribution is 6.04. The van der Waals surface area contributed by atoms with Crippen LogP contribution in [-0.2, 0) is 9.59 Å². The van der Waals surface area contributed by atoms with Gasteiger partial charge in [0.1, 0.15) is 5.70 Å². The second-order valence-electron chi connectivity index (χ2n) is 5.18. The van der Waals surface area contributed by atoms with Gasteiger partial charge in [0.15, 0.2) is 0 Å². The van der Waals surface area contributed by atoms with Crippen molar-refractivity contribution in [1.82, 2.24) is 10.6 Å². The van der Waals surface area contributed by atoms with Crippen molar-refractivity contribution in [3.63, 3.8) is 0 Å². The van der Waals surface area contributed by atoms with E-state index in [1.807, 2.05) is 60.7 Å². The molecular weight excluding hydrogens is 316 g/mol. The van der Waals surface area contributed by atoms with Crippen LogP contribution in [0, 0.1) is 0 Å². The lowest BCUT2D eigenvalue weighted by Gasteiger charge is -2.09. The molecular formula is C20H20N2O3.